The molecule has 2 heteroatoms. The fourth-order valence-electron chi connectivity index (χ4n) is 1.39. The van der Waals surface area contributed by atoms with E-state index in [2.05, 4.69) is 12.1 Å². The monoisotopic (exact) mass is 236 g/mol. The van der Waals surface area contributed by atoms with Crippen LogP contribution in [0, 0.1) is 0 Å². The number of ether oxygens (including phenoxy) is 1. The Hall–Kier alpha value is -1.05. The van der Waals surface area contributed by atoms with E-state index >= 15 is 0 Å². The highest BCUT2D eigenvalue weighted by Gasteiger charge is 1.93. The van der Waals surface area contributed by atoms with Gasteiger partial charge in [-0.05, 0) is 25.3 Å². The molecule has 86 valence electrons. The van der Waals surface area contributed by atoms with Crippen molar-refractivity contribution >= 4 is 22.4 Å². The van der Waals surface area contributed by atoms with E-state index < -0.39 is 0 Å². The molecule has 0 heterocycles. The molecule has 1 nitrogen and oxygen atoms in total. The second-order valence-electron chi connectivity index (χ2n) is 3.24. The lowest BCUT2D eigenvalue weighted by molar-refractivity contribution is 0.162. The van der Waals surface area contributed by atoms with Crippen LogP contribution in [0.3, 0.4) is 0 Å². The molecule has 0 amide bonds. The van der Waals surface area contributed by atoms with Crippen LogP contribution in [0.15, 0.2) is 42.5 Å². The Morgan fingerprint density at radius 2 is 1.56 bits per heavy atom. The van der Waals surface area contributed by atoms with Gasteiger partial charge in [-0.3, -0.25) is 0 Å². The van der Waals surface area contributed by atoms with Crippen molar-refractivity contribution in [2.75, 3.05) is 13.2 Å². The smallest absolute Gasteiger partial charge is 0.0484 e. The summed E-state index contributed by atoms with van der Waals surface area (Å²) in [6.45, 7) is 5.67. The Morgan fingerprint density at radius 1 is 0.938 bits per heavy atom. The number of hydrogen-bond acceptors (Lipinski definition) is 1. The molecule has 0 spiro atoms. The number of halogens is 1. The Labute approximate surface area is 102 Å². The first-order chi connectivity index (χ1) is 7.79. The zero-order valence-corrected chi connectivity index (χ0v) is 10.5. The highest BCUT2D eigenvalue weighted by Crippen LogP contribution is 2.21. The topological polar surface area (TPSA) is 9.23 Å². The van der Waals surface area contributed by atoms with Gasteiger partial charge < -0.3 is 4.74 Å². The molecule has 0 bridgehead atoms. The predicted octanol–water partition coefficient (Wildman–Crippen LogP) is 4.54. The van der Waals surface area contributed by atoms with Gasteiger partial charge in [0.05, 0.1) is 0 Å². The Balaban J connectivity index is 0.000000221. The van der Waals surface area contributed by atoms with Gasteiger partial charge in [0.15, 0.2) is 0 Å². The highest BCUT2D eigenvalue weighted by atomic mass is 35.5. The summed E-state index contributed by atoms with van der Waals surface area (Å²) in [6, 6.07) is 14.0. The molecule has 2 aromatic rings. The van der Waals surface area contributed by atoms with E-state index in [1.54, 1.807) is 0 Å². The predicted molar refractivity (Wildman–Crippen MR) is 71.1 cm³/mol. The van der Waals surface area contributed by atoms with Crippen LogP contribution in [0.1, 0.15) is 13.8 Å². The van der Waals surface area contributed by atoms with Crippen molar-refractivity contribution in [3.8, 4) is 0 Å². The first kappa shape index (κ1) is 13.0. The second-order valence-corrected chi connectivity index (χ2v) is 3.65. The van der Waals surface area contributed by atoms with Crippen LogP contribution in [0.4, 0.5) is 0 Å². The summed E-state index contributed by atoms with van der Waals surface area (Å²) in [5, 5.41) is 3.14. The van der Waals surface area contributed by atoms with Crippen molar-refractivity contribution in [3.05, 3.63) is 47.5 Å². The Kier molecular flexibility index (Phi) is 5.91. The van der Waals surface area contributed by atoms with E-state index in [4.69, 9.17) is 16.3 Å². The van der Waals surface area contributed by atoms with Crippen LogP contribution < -0.4 is 0 Å². The minimum atomic E-state index is 0.822. The maximum atomic E-state index is 5.96. The molecule has 0 N–H and O–H groups in total. The molecule has 0 radical (unpaired) electrons. The van der Waals surface area contributed by atoms with E-state index in [1.165, 1.54) is 5.39 Å². The van der Waals surface area contributed by atoms with Gasteiger partial charge in [0.1, 0.15) is 0 Å². The van der Waals surface area contributed by atoms with Gasteiger partial charge in [-0.2, -0.15) is 0 Å². The average Bonchev–Trinajstić information content (AvgIpc) is 2.32. The van der Waals surface area contributed by atoms with Crippen LogP contribution in [0.2, 0.25) is 5.02 Å². The van der Waals surface area contributed by atoms with E-state index in [1.807, 2.05) is 44.2 Å². The molecule has 16 heavy (non-hydrogen) atoms. The fraction of sp³-hybridized carbons (Fsp3) is 0.286. The number of benzene rings is 2. The Bertz CT molecular complexity index is 419. The van der Waals surface area contributed by atoms with E-state index in [-0.39, 0.29) is 0 Å². The minimum absolute atomic E-state index is 0.822. The molecule has 0 fully saturated rings. The summed E-state index contributed by atoms with van der Waals surface area (Å²) in [4.78, 5) is 0. The van der Waals surface area contributed by atoms with Gasteiger partial charge in [0.25, 0.3) is 0 Å². The lowest BCUT2D eigenvalue weighted by atomic mass is 10.1. The zero-order valence-electron chi connectivity index (χ0n) is 9.74. The molecule has 0 aliphatic carbocycles. The second kappa shape index (κ2) is 7.26. The molecule has 2 rings (SSSR count). The van der Waals surface area contributed by atoms with Crippen LogP contribution in [-0.2, 0) is 4.74 Å². The van der Waals surface area contributed by atoms with Crippen molar-refractivity contribution in [1.82, 2.24) is 0 Å². The number of hydrogen-bond donors (Lipinski definition) is 0. The lowest BCUT2D eigenvalue weighted by Gasteiger charge is -1.97. The molecule has 2 aromatic carbocycles. The first-order valence-corrected chi connectivity index (χ1v) is 5.88. The van der Waals surface area contributed by atoms with Crippen LogP contribution in [-0.4, -0.2) is 13.2 Å². The minimum Gasteiger partial charge on any atom is -0.382 e. The Morgan fingerprint density at radius 3 is 2.12 bits per heavy atom. The maximum Gasteiger partial charge on any atom is 0.0484 e. The SMILES string of the molecule is CCOCC.Clc1cccc2ccccc12. The summed E-state index contributed by atoms with van der Waals surface area (Å²) in [6.07, 6.45) is 0. The van der Waals surface area contributed by atoms with Crippen molar-refractivity contribution < 1.29 is 4.74 Å². The maximum absolute atomic E-state index is 5.96. The highest BCUT2D eigenvalue weighted by molar-refractivity contribution is 6.35. The van der Waals surface area contributed by atoms with Gasteiger partial charge in [-0.15, -0.1) is 0 Å². The van der Waals surface area contributed by atoms with Crippen LogP contribution in [0.25, 0.3) is 10.8 Å². The van der Waals surface area contributed by atoms with Gasteiger partial charge >= 0.3 is 0 Å². The molecule has 0 aliphatic rings. The summed E-state index contributed by atoms with van der Waals surface area (Å²) in [7, 11) is 0. The average molecular weight is 237 g/mol. The summed E-state index contributed by atoms with van der Waals surface area (Å²) in [5.74, 6) is 0. The zero-order chi connectivity index (χ0) is 11.8. The summed E-state index contributed by atoms with van der Waals surface area (Å²) < 4.78 is 4.83. The third-order valence-corrected chi connectivity index (χ3v) is 2.47. The van der Waals surface area contributed by atoms with Crippen LogP contribution in [0.5, 0.6) is 0 Å². The summed E-state index contributed by atoms with van der Waals surface area (Å²) >= 11 is 5.96. The molecule has 0 aliphatic heterocycles. The number of rotatable bonds is 2. The standard InChI is InChI=1S/C10H7Cl.C4H10O/c11-10-7-3-5-8-4-1-2-6-9(8)10;1-3-5-4-2/h1-7H;3-4H2,1-2H3. The first-order valence-electron chi connectivity index (χ1n) is 5.50. The van der Waals surface area contributed by atoms with Crippen molar-refractivity contribution in [3.63, 3.8) is 0 Å². The fourth-order valence-corrected chi connectivity index (χ4v) is 1.63. The molecule has 0 atom stereocenters. The van der Waals surface area contributed by atoms with Crippen LogP contribution >= 0.6 is 11.6 Å². The van der Waals surface area contributed by atoms with Gasteiger partial charge in [0, 0.05) is 23.6 Å². The van der Waals surface area contributed by atoms with E-state index in [9.17, 15) is 0 Å². The lowest BCUT2D eigenvalue weighted by Crippen LogP contribution is -1.84. The third-order valence-electron chi connectivity index (χ3n) is 2.14. The van der Waals surface area contributed by atoms with E-state index in [0.29, 0.717) is 0 Å². The van der Waals surface area contributed by atoms with E-state index in [0.717, 1.165) is 23.6 Å². The third kappa shape index (κ3) is 3.84. The van der Waals surface area contributed by atoms with Crippen molar-refractivity contribution in [1.29, 1.82) is 0 Å². The normalized spacial score (nSPS) is 9.69. The molecule has 0 aromatic heterocycles. The quantitative estimate of drug-likeness (QED) is 0.744. The van der Waals surface area contributed by atoms with Crippen molar-refractivity contribution in [2.45, 2.75) is 13.8 Å². The largest absolute Gasteiger partial charge is 0.382 e. The molecular formula is C14H17ClO. The number of fused-ring (bicyclic) bond motifs is 1. The van der Waals surface area contributed by atoms with Crippen molar-refractivity contribution in [2.24, 2.45) is 0 Å². The molecule has 0 saturated heterocycles. The van der Waals surface area contributed by atoms with Gasteiger partial charge in [-0.1, -0.05) is 48.0 Å². The molecule has 0 saturated carbocycles. The molecule has 0 unspecified atom stereocenters. The molecular weight excluding hydrogens is 220 g/mol. The van der Waals surface area contributed by atoms with Gasteiger partial charge in [0.2, 0.25) is 0 Å². The summed E-state index contributed by atoms with van der Waals surface area (Å²) in [5.41, 5.74) is 0. The van der Waals surface area contributed by atoms with Gasteiger partial charge in [-0.25, -0.2) is 0 Å².